The molecule has 1 aliphatic heterocycles. The van der Waals surface area contributed by atoms with Gasteiger partial charge < -0.3 is 15.4 Å². The highest BCUT2D eigenvalue weighted by Crippen LogP contribution is 2.26. The minimum absolute atomic E-state index is 0.366. The van der Waals surface area contributed by atoms with Crippen molar-refractivity contribution in [3.8, 4) is 0 Å². The van der Waals surface area contributed by atoms with Crippen LogP contribution in [0.25, 0.3) is 0 Å². The molecule has 0 radical (unpaired) electrons. The number of carbonyl (C=O) groups excluding carboxylic acids is 1. The Morgan fingerprint density at radius 3 is 2.71 bits per heavy atom. The highest BCUT2D eigenvalue weighted by molar-refractivity contribution is 5.67. The average Bonchev–Trinajstić information content (AvgIpc) is 2.83. The molecule has 0 saturated carbocycles. The molecule has 0 aliphatic carbocycles. The van der Waals surface area contributed by atoms with Crippen molar-refractivity contribution in [2.24, 2.45) is 0 Å². The van der Waals surface area contributed by atoms with Gasteiger partial charge in [-0.1, -0.05) is 0 Å². The van der Waals surface area contributed by atoms with Gasteiger partial charge in [-0.05, 0) is 46.7 Å². The first-order chi connectivity index (χ1) is 9.81. The molecule has 7 heteroatoms. The van der Waals surface area contributed by atoms with Gasteiger partial charge in [0.05, 0.1) is 17.9 Å². The molecule has 0 aromatic carbocycles. The summed E-state index contributed by atoms with van der Waals surface area (Å²) < 4.78 is 20.1. The fraction of sp³-hybridized carbons (Fsp3) is 0.714. The first-order valence-electron chi connectivity index (χ1n) is 7.19. The molecule has 1 aromatic rings. The SMILES string of the molecule is CC(C)(C)OC(=O)NCC1(n2cc(F)cn2)CCNCC1. The normalized spacial score (nSPS) is 18.3. The summed E-state index contributed by atoms with van der Waals surface area (Å²) in [5, 5.41) is 10.1. The minimum Gasteiger partial charge on any atom is -0.444 e. The van der Waals surface area contributed by atoms with Crippen molar-refractivity contribution in [2.75, 3.05) is 19.6 Å². The molecule has 1 aliphatic rings. The van der Waals surface area contributed by atoms with E-state index in [2.05, 4.69) is 15.7 Å². The molecule has 0 spiro atoms. The zero-order chi connectivity index (χ0) is 15.5. The number of halogens is 1. The van der Waals surface area contributed by atoms with E-state index in [0.29, 0.717) is 6.54 Å². The monoisotopic (exact) mass is 298 g/mol. The third-order valence-electron chi connectivity index (χ3n) is 3.53. The average molecular weight is 298 g/mol. The van der Waals surface area contributed by atoms with Gasteiger partial charge in [0.15, 0.2) is 5.82 Å². The van der Waals surface area contributed by atoms with Crippen molar-refractivity contribution in [1.29, 1.82) is 0 Å². The van der Waals surface area contributed by atoms with E-state index in [1.54, 1.807) is 4.68 Å². The van der Waals surface area contributed by atoms with E-state index in [0.717, 1.165) is 25.9 Å². The van der Waals surface area contributed by atoms with Gasteiger partial charge in [-0.25, -0.2) is 9.18 Å². The summed E-state index contributed by atoms with van der Waals surface area (Å²) in [6, 6.07) is 0. The molecule has 0 unspecified atom stereocenters. The maximum Gasteiger partial charge on any atom is 0.407 e. The fourth-order valence-corrected chi connectivity index (χ4v) is 2.49. The van der Waals surface area contributed by atoms with Gasteiger partial charge in [0.2, 0.25) is 0 Å². The van der Waals surface area contributed by atoms with Crippen molar-refractivity contribution in [2.45, 2.75) is 44.8 Å². The molecular formula is C14H23FN4O2. The zero-order valence-electron chi connectivity index (χ0n) is 12.8. The van der Waals surface area contributed by atoms with E-state index >= 15 is 0 Å². The summed E-state index contributed by atoms with van der Waals surface area (Å²) in [6.45, 7) is 7.42. The first kappa shape index (κ1) is 15.8. The quantitative estimate of drug-likeness (QED) is 0.890. The van der Waals surface area contributed by atoms with Crippen molar-refractivity contribution in [1.82, 2.24) is 20.4 Å². The third kappa shape index (κ3) is 4.17. The molecule has 21 heavy (non-hydrogen) atoms. The van der Waals surface area contributed by atoms with Gasteiger partial charge in [-0.15, -0.1) is 0 Å². The van der Waals surface area contributed by atoms with Gasteiger partial charge in [0.25, 0.3) is 0 Å². The minimum atomic E-state index is -0.539. The van der Waals surface area contributed by atoms with Crippen molar-refractivity contribution < 1.29 is 13.9 Å². The second-order valence-corrected chi connectivity index (χ2v) is 6.43. The second-order valence-electron chi connectivity index (χ2n) is 6.43. The Morgan fingerprint density at radius 2 is 2.19 bits per heavy atom. The van der Waals surface area contributed by atoms with Crippen LogP contribution in [-0.2, 0) is 10.3 Å². The molecule has 118 valence electrons. The summed E-state index contributed by atoms with van der Waals surface area (Å²) in [5.41, 5.74) is -0.949. The number of nitrogens with zero attached hydrogens (tertiary/aromatic N) is 2. The molecule has 1 amide bonds. The van der Waals surface area contributed by atoms with Crippen LogP contribution in [0.1, 0.15) is 33.6 Å². The Kier molecular flexibility index (Phi) is 4.51. The third-order valence-corrected chi connectivity index (χ3v) is 3.53. The lowest BCUT2D eigenvalue weighted by Gasteiger charge is -2.38. The Bertz CT molecular complexity index is 489. The van der Waals surface area contributed by atoms with Crippen LogP contribution in [0.3, 0.4) is 0 Å². The smallest absolute Gasteiger partial charge is 0.407 e. The molecule has 0 bridgehead atoms. The number of alkyl carbamates (subject to hydrolysis) is 1. The van der Waals surface area contributed by atoms with Gasteiger partial charge in [0.1, 0.15) is 5.60 Å². The standard InChI is InChI=1S/C14H23FN4O2/c1-13(2,3)21-12(20)17-10-14(4-6-16-7-5-14)19-9-11(15)8-18-19/h8-9,16H,4-7,10H2,1-3H3,(H,17,20). The Hall–Kier alpha value is -1.63. The topological polar surface area (TPSA) is 68.2 Å². The van der Waals surface area contributed by atoms with Crippen LogP contribution in [-0.4, -0.2) is 41.1 Å². The van der Waals surface area contributed by atoms with E-state index < -0.39 is 17.2 Å². The van der Waals surface area contributed by atoms with Crippen molar-refractivity contribution in [3.05, 3.63) is 18.2 Å². The van der Waals surface area contributed by atoms with Crippen molar-refractivity contribution >= 4 is 6.09 Å². The molecule has 1 aromatic heterocycles. The van der Waals surface area contributed by atoms with Crippen molar-refractivity contribution in [3.63, 3.8) is 0 Å². The summed E-state index contributed by atoms with van der Waals surface area (Å²) in [5.74, 6) is -0.370. The van der Waals surface area contributed by atoms with Crippen LogP contribution in [0.15, 0.2) is 12.4 Å². The number of nitrogens with one attached hydrogen (secondary N) is 2. The summed E-state index contributed by atoms with van der Waals surface area (Å²) in [7, 11) is 0. The first-order valence-corrected chi connectivity index (χ1v) is 7.19. The Balaban J connectivity index is 2.05. The molecule has 1 fully saturated rings. The largest absolute Gasteiger partial charge is 0.444 e. The van der Waals surface area contributed by atoms with Gasteiger partial charge in [0, 0.05) is 6.54 Å². The number of hydrogen-bond donors (Lipinski definition) is 2. The number of rotatable bonds is 3. The predicted molar refractivity (Wildman–Crippen MR) is 76.5 cm³/mol. The highest BCUT2D eigenvalue weighted by atomic mass is 19.1. The lowest BCUT2D eigenvalue weighted by molar-refractivity contribution is 0.0484. The van der Waals surface area contributed by atoms with Crippen LogP contribution < -0.4 is 10.6 Å². The fourth-order valence-electron chi connectivity index (χ4n) is 2.49. The lowest BCUT2D eigenvalue weighted by Crippen LogP contribution is -2.52. The molecule has 0 atom stereocenters. The van der Waals surface area contributed by atoms with Crippen LogP contribution >= 0.6 is 0 Å². The van der Waals surface area contributed by atoms with Gasteiger partial charge in [-0.3, -0.25) is 4.68 Å². The van der Waals surface area contributed by atoms with Crippen LogP contribution in [0, 0.1) is 5.82 Å². The number of hydrogen-bond acceptors (Lipinski definition) is 4. The number of aromatic nitrogens is 2. The number of carbonyl (C=O) groups is 1. The van der Waals surface area contributed by atoms with Crippen LogP contribution in [0.5, 0.6) is 0 Å². The Morgan fingerprint density at radius 1 is 1.52 bits per heavy atom. The number of piperidine rings is 1. The number of amides is 1. The predicted octanol–water partition coefficient (Wildman–Crippen LogP) is 1.63. The number of ether oxygens (including phenoxy) is 1. The van der Waals surface area contributed by atoms with E-state index in [4.69, 9.17) is 4.74 Å². The zero-order valence-corrected chi connectivity index (χ0v) is 12.8. The molecule has 2 N–H and O–H groups in total. The second kappa shape index (κ2) is 6.01. The highest BCUT2D eigenvalue weighted by Gasteiger charge is 2.35. The molecule has 2 rings (SSSR count). The summed E-state index contributed by atoms with van der Waals surface area (Å²) >= 11 is 0. The van der Waals surface area contributed by atoms with Gasteiger partial charge >= 0.3 is 6.09 Å². The molecular weight excluding hydrogens is 275 g/mol. The Labute approximate surface area is 124 Å². The summed E-state index contributed by atoms with van der Waals surface area (Å²) in [4.78, 5) is 11.8. The van der Waals surface area contributed by atoms with E-state index in [1.807, 2.05) is 20.8 Å². The van der Waals surface area contributed by atoms with Crippen LogP contribution in [0.4, 0.5) is 9.18 Å². The maximum absolute atomic E-state index is 13.3. The van der Waals surface area contributed by atoms with Crippen LogP contribution in [0.2, 0.25) is 0 Å². The maximum atomic E-state index is 13.3. The molecule has 6 nitrogen and oxygen atoms in total. The van der Waals surface area contributed by atoms with E-state index in [9.17, 15) is 9.18 Å². The van der Waals surface area contributed by atoms with E-state index in [1.165, 1.54) is 12.4 Å². The molecule has 2 heterocycles. The van der Waals surface area contributed by atoms with E-state index in [-0.39, 0.29) is 5.82 Å². The summed E-state index contributed by atoms with van der Waals surface area (Å²) in [6.07, 6.45) is 3.64. The molecule has 1 saturated heterocycles. The van der Waals surface area contributed by atoms with Gasteiger partial charge in [-0.2, -0.15) is 5.10 Å². The lowest BCUT2D eigenvalue weighted by atomic mass is 9.88.